The molecule has 0 fully saturated rings. The summed E-state index contributed by atoms with van der Waals surface area (Å²) >= 11 is 0. The summed E-state index contributed by atoms with van der Waals surface area (Å²) in [6, 6.07) is 64.3. The predicted octanol–water partition coefficient (Wildman–Crippen LogP) is 13.5. The highest BCUT2D eigenvalue weighted by molar-refractivity contribution is 6.21. The number of aliphatic imine (C=N–C) groups is 2. The third-order valence-electron chi connectivity index (χ3n) is 10.2. The Labute approximate surface area is 321 Å². The number of nitrogens with zero attached hydrogens (tertiary/aromatic N) is 3. The van der Waals surface area contributed by atoms with Crippen LogP contribution in [0.3, 0.4) is 0 Å². The van der Waals surface area contributed by atoms with Crippen molar-refractivity contribution in [2.24, 2.45) is 9.98 Å². The van der Waals surface area contributed by atoms with Crippen LogP contribution in [0, 0.1) is 0 Å². The Balaban J connectivity index is 1.21. The van der Waals surface area contributed by atoms with Gasteiger partial charge in [0.2, 0.25) is 0 Å². The number of allylic oxidation sites excluding steroid dienone is 1. The molecule has 0 aliphatic heterocycles. The molecule has 0 N–H and O–H groups in total. The summed E-state index contributed by atoms with van der Waals surface area (Å²) in [7, 11) is 0. The van der Waals surface area contributed by atoms with E-state index in [9.17, 15) is 0 Å². The number of amidine groups is 1. The molecule has 0 saturated carbocycles. The zero-order valence-corrected chi connectivity index (χ0v) is 30.5. The standard InChI is InChI=1S/C52H37N3/c1-2-49(41-29-28-37-16-6-7-19-40(37)32-41)55-52(54-34-36-15-12-20-39(31-36)44-23-14-30-53-35-44)43-22-13-21-42(33-43)51-47-26-10-8-24-45(47)50(38-17-4-3-5-18-38)46-25-9-11-27-48(46)51/h2-35H,1H3/b49-2-,54-34+,55-52-. The molecule has 3 heteroatoms. The molecule has 0 saturated heterocycles. The molecule has 1 aromatic heterocycles. The van der Waals surface area contributed by atoms with Gasteiger partial charge in [-0.2, -0.15) is 0 Å². The zero-order valence-electron chi connectivity index (χ0n) is 30.5. The summed E-state index contributed by atoms with van der Waals surface area (Å²) in [5, 5.41) is 7.23. The molecule has 0 aliphatic carbocycles. The smallest absolute Gasteiger partial charge is 0.159 e. The van der Waals surface area contributed by atoms with Gasteiger partial charge < -0.3 is 0 Å². The lowest BCUT2D eigenvalue weighted by molar-refractivity contribution is 1.33. The normalized spacial score (nSPS) is 12.2. The molecular formula is C52H37N3. The van der Waals surface area contributed by atoms with Crippen molar-refractivity contribution in [3.8, 4) is 33.4 Å². The van der Waals surface area contributed by atoms with Gasteiger partial charge in [0.25, 0.3) is 0 Å². The topological polar surface area (TPSA) is 37.6 Å². The van der Waals surface area contributed by atoms with Gasteiger partial charge in [0.05, 0.1) is 5.70 Å². The first-order chi connectivity index (χ1) is 27.2. The van der Waals surface area contributed by atoms with Gasteiger partial charge in [-0.25, -0.2) is 9.98 Å². The molecule has 0 spiro atoms. The summed E-state index contributed by atoms with van der Waals surface area (Å²) in [5.41, 5.74) is 10.7. The maximum atomic E-state index is 5.32. The molecule has 55 heavy (non-hydrogen) atoms. The number of rotatable bonds is 7. The molecule has 260 valence electrons. The average molecular weight is 704 g/mol. The third kappa shape index (κ3) is 6.76. The van der Waals surface area contributed by atoms with Gasteiger partial charge in [0.1, 0.15) is 0 Å². The van der Waals surface area contributed by atoms with Crippen molar-refractivity contribution in [2.75, 3.05) is 0 Å². The highest BCUT2D eigenvalue weighted by atomic mass is 14.9. The van der Waals surface area contributed by atoms with Crippen LogP contribution in [0.25, 0.3) is 71.4 Å². The van der Waals surface area contributed by atoms with E-state index in [1.165, 1.54) is 49.0 Å². The van der Waals surface area contributed by atoms with Gasteiger partial charge in [-0.15, -0.1) is 0 Å². The Bertz CT molecular complexity index is 2860. The van der Waals surface area contributed by atoms with E-state index < -0.39 is 0 Å². The van der Waals surface area contributed by atoms with Crippen molar-refractivity contribution >= 4 is 50.1 Å². The Morgan fingerprint density at radius 1 is 0.473 bits per heavy atom. The van der Waals surface area contributed by atoms with Crippen LogP contribution >= 0.6 is 0 Å². The lowest BCUT2D eigenvalue weighted by Gasteiger charge is -2.18. The Morgan fingerprint density at radius 3 is 1.80 bits per heavy atom. The number of fused-ring (bicyclic) bond motifs is 3. The van der Waals surface area contributed by atoms with Crippen LogP contribution in [-0.4, -0.2) is 17.0 Å². The quantitative estimate of drug-likeness (QED) is 0.0925. The Hall–Kier alpha value is -7.23. The van der Waals surface area contributed by atoms with Gasteiger partial charge in [0.15, 0.2) is 5.84 Å². The molecular weight excluding hydrogens is 667 g/mol. The summed E-state index contributed by atoms with van der Waals surface area (Å²) in [6.07, 6.45) is 7.66. The lowest BCUT2D eigenvalue weighted by atomic mass is 9.85. The number of pyridine rings is 1. The van der Waals surface area contributed by atoms with Gasteiger partial charge >= 0.3 is 0 Å². The van der Waals surface area contributed by atoms with E-state index in [1.807, 2.05) is 25.4 Å². The van der Waals surface area contributed by atoms with Crippen LogP contribution in [0.15, 0.2) is 210 Å². The van der Waals surface area contributed by atoms with Crippen LogP contribution in [-0.2, 0) is 0 Å². The predicted molar refractivity (Wildman–Crippen MR) is 234 cm³/mol. The SMILES string of the molecule is C\C=C(/N=C(\N=C\c1cccc(-c2cccnc2)c1)c1cccc(-c2c3ccccc3c(-c3ccccc3)c3ccccc23)c1)c1ccc2ccccc2c1. The summed E-state index contributed by atoms with van der Waals surface area (Å²) < 4.78 is 0. The van der Waals surface area contributed by atoms with Gasteiger partial charge in [-0.1, -0.05) is 164 Å². The third-order valence-corrected chi connectivity index (χ3v) is 10.2. The van der Waals surface area contributed by atoms with Crippen LogP contribution < -0.4 is 0 Å². The minimum absolute atomic E-state index is 0.629. The number of hydrogen-bond donors (Lipinski definition) is 0. The van der Waals surface area contributed by atoms with E-state index in [4.69, 9.17) is 9.98 Å². The first-order valence-corrected chi connectivity index (χ1v) is 18.6. The molecule has 1 heterocycles. The Kier molecular flexibility index (Phi) is 9.17. The van der Waals surface area contributed by atoms with Gasteiger partial charge in [-0.3, -0.25) is 4.98 Å². The Morgan fingerprint density at radius 2 is 1.09 bits per heavy atom. The lowest BCUT2D eigenvalue weighted by Crippen LogP contribution is -2.01. The van der Waals surface area contributed by atoms with Crippen LogP contribution in [0.4, 0.5) is 0 Å². The fraction of sp³-hybridized carbons (Fsp3) is 0.0192. The second kappa shape index (κ2) is 15.0. The largest absolute Gasteiger partial charge is 0.264 e. The second-order valence-corrected chi connectivity index (χ2v) is 13.6. The van der Waals surface area contributed by atoms with Crippen molar-refractivity contribution in [2.45, 2.75) is 6.92 Å². The number of benzene rings is 8. The van der Waals surface area contributed by atoms with E-state index >= 15 is 0 Å². The van der Waals surface area contributed by atoms with Crippen molar-refractivity contribution in [1.29, 1.82) is 0 Å². The molecule has 0 bridgehead atoms. The minimum Gasteiger partial charge on any atom is -0.264 e. The minimum atomic E-state index is 0.629. The maximum absolute atomic E-state index is 5.32. The molecule has 9 aromatic rings. The van der Waals surface area contributed by atoms with E-state index in [0.29, 0.717) is 5.84 Å². The van der Waals surface area contributed by atoms with Crippen molar-refractivity contribution in [3.63, 3.8) is 0 Å². The monoisotopic (exact) mass is 703 g/mol. The van der Waals surface area contributed by atoms with Crippen molar-refractivity contribution < 1.29 is 0 Å². The highest BCUT2D eigenvalue weighted by Gasteiger charge is 2.17. The molecule has 0 radical (unpaired) electrons. The van der Waals surface area contributed by atoms with E-state index in [-0.39, 0.29) is 0 Å². The van der Waals surface area contributed by atoms with E-state index in [2.05, 4.69) is 187 Å². The molecule has 0 amide bonds. The van der Waals surface area contributed by atoms with Crippen LogP contribution in [0.2, 0.25) is 0 Å². The number of hydrogen-bond acceptors (Lipinski definition) is 2. The maximum Gasteiger partial charge on any atom is 0.159 e. The van der Waals surface area contributed by atoms with Gasteiger partial charge in [-0.05, 0) is 96.9 Å². The first-order valence-electron chi connectivity index (χ1n) is 18.6. The second-order valence-electron chi connectivity index (χ2n) is 13.6. The fourth-order valence-electron chi connectivity index (χ4n) is 7.56. The highest BCUT2D eigenvalue weighted by Crippen LogP contribution is 2.43. The van der Waals surface area contributed by atoms with Crippen LogP contribution in [0.1, 0.15) is 23.6 Å². The summed E-state index contributed by atoms with van der Waals surface area (Å²) in [6.45, 7) is 2.04. The average Bonchev–Trinajstić information content (AvgIpc) is 3.26. The van der Waals surface area contributed by atoms with Crippen molar-refractivity contribution in [3.05, 3.63) is 217 Å². The molecule has 8 aromatic carbocycles. The summed E-state index contributed by atoms with van der Waals surface area (Å²) in [5.74, 6) is 0.629. The zero-order chi connectivity index (χ0) is 37.0. The summed E-state index contributed by atoms with van der Waals surface area (Å²) in [4.78, 5) is 14.8. The molecule has 0 aliphatic rings. The van der Waals surface area contributed by atoms with Crippen LogP contribution in [0.5, 0.6) is 0 Å². The van der Waals surface area contributed by atoms with E-state index in [1.54, 1.807) is 6.20 Å². The molecule has 0 unspecified atom stereocenters. The molecule has 3 nitrogen and oxygen atoms in total. The van der Waals surface area contributed by atoms with Crippen molar-refractivity contribution in [1.82, 2.24) is 4.98 Å². The fourth-order valence-corrected chi connectivity index (χ4v) is 7.56. The van der Waals surface area contributed by atoms with E-state index in [0.717, 1.165) is 39.1 Å². The first kappa shape index (κ1) is 33.6. The van der Waals surface area contributed by atoms with Gasteiger partial charge in [0, 0.05) is 35.3 Å². The number of aromatic nitrogens is 1. The molecule has 0 atom stereocenters. The molecule has 9 rings (SSSR count).